The number of benzene rings is 1. The fourth-order valence-corrected chi connectivity index (χ4v) is 1.53. The van der Waals surface area contributed by atoms with E-state index in [-0.39, 0.29) is 17.8 Å². The molecule has 0 atom stereocenters. The van der Waals surface area contributed by atoms with Crippen molar-refractivity contribution in [2.24, 2.45) is 0 Å². The van der Waals surface area contributed by atoms with Crippen LogP contribution < -0.4 is 17.3 Å². The Hall–Kier alpha value is -0.530. The first kappa shape index (κ1) is 14.5. The molecule has 0 aromatic heterocycles. The maximum absolute atomic E-state index is 2.25. The van der Waals surface area contributed by atoms with Crippen LogP contribution in [0, 0.1) is 0 Å². The van der Waals surface area contributed by atoms with E-state index in [1.807, 2.05) is 0 Å². The van der Waals surface area contributed by atoms with Crippen molar-refractivity contribution in [3.63, 3.8) is 0 Å². The van der Waals surface area contributed by atoms with E-state index in [0.717, 1.165) is 6.54 Å². The van der Waals surface area contributed by atoms with Gasteiger partial charge >= 0.3 is 0 Å². The second-order valence-corrected chi connectivity index (χ2v) is 5.33. The monoisotopic (exact) mass is 227 g/mol. The number of halogens is 1. The van der Waals surface area contributed by atoms with Crippen LogP contribution in [0.15, 0.2) is 24.3 Å². The maximum atomic E-state index is 2.25. The summed E-state index contributed by atoms with van der Waals surface area (Å²) < 4.78 is 0. The first-order chi connectivity index (χ1) is 6.39. The molecule has 15 heavy (non-hydrogen) atoms. The van der Waals surface area contributed by atoms with E-state index in [2.05, 4.69) is 59.1 Å². The lowest BCUT2D eigenvalue weighted by atomic mass is 9.87. The summed E-state index contributed by atoms with van der Waals surface area (Å²) in [5.41, 5.74) is 3.09. The third kappa shape index (κ3) is 4.67. The van der Waals surface area contributed by atoms with Crippen LogP contribution in [0.2, 0.25) is 0 Å². The molecule has 0 saturated carbocycles. The Morgan fingerprint density at radius 2 is 1.47 bits per heavy atom. The lowest BCUT2D eigenvalue weighted by Gasteiger charge is -2.19. The van der Waals surface area contributed by atoms with Gasteiger partial charge in [-0.3, -0.25) is 0 Å². The molecule has 1 N–H and O–H groups in total. The topological polar surface area (TPSA) is 4.44 Å². The number of quaternary nitrogens is 1. The summed E-state index contributed by atoms with van der Waals surface area (Å²) in [6.45, 7) is 7.85. The minimum absolute atomic E-state index is 0. The van der Waals surface area contributed by atoms with Gasteiger partial charge in [0.05, 0.1) is 14.1 Å². The standard InChI is InChI=1S/C13H21N.ClH/c1-13(2,3)12-8-6-11(7-9-12)10-14(4)5;/h6-9H,10H2,1-5H3;1H. The molecule has 86 valence electrons. The van der Waals surface area contributed by atoms with Crippen molar-refractivity contribution in [1.82, 2.24) is 0 Å². The normalized spacial score (nSPS) is 11.3. The zero-order valence-electron chi connectivity index (χ0n) is 10.4. The number of rotatable bonds is 2. The molecule has 0 radical (unpaired) electrons. The molecule has 1 aromatic carbocycles. The second kappa shape index (κ2) is 5.53. The average Bonchev–Trinajstić information content (AvgIpc) is 2.02. The highest BCUT2D eigenvalue weighted by Crippen LogP contribution is 2.21. The van der Waals surface area contributed by atoms with Crippen LogP contribution in [0.5, 0.6) is 0 Å². The van der Waals surface area contributed by atoms with Crippen LogP contribution in [-0.4, -0.2) is 14.1 Å². The summed E-state index contributed by atoms with van der Waals surface area (Å²) in [5, 5.41) is 0. The Labute approximate surface area is 99.9 Å². The summed E-state index contributed by atoms with van der Waals surface area (Å²) in [5.74, 6) is 0. The highest BCUT2D eigenvalue weighted by atomic mass is 35.5. The predicted molar refractivity (Wildman–Crippen MR) is 61.7 cm³/mol. The molecule has 0 aliphatic carbocycles. The molecule has 0 unspecified atom stereocenters. The predicted octanol–water partition coefficient (Wildman–Crippen LogP) is -1.37. The first-order valence-electron chi connectivity index (χ1n) is 5.28. The molecule has 1 aromatic rings. The summed E-state index contributed by atoms with van der Waals surface area (Å²) in [6.07, 6.45) is 0. The van der Waals surface area contributed by atoms with Gasteiger partial charge < -0.3 is 17.3 Å². The molecule has 0 fully saturated rings. The van der Waals surface area contributed by atoms with Crippen molar-refractivity contribution in [2.75, 3.05) is 14.1 Å². The number of nitrogens with one attached hydrogen (secondary N) is 1. The van der Waals surface area contributed by atoms with Crippen LogP contribution in [0.25, 0.3) is 0 Å². The molecule has 0 amide bonds. The van der Waals surface area contributed by atoms with Gasteiger partial charge in [0.15, 0.2) is 0 Å². The minimum Gasteiger partial charge on any atom is -1.00 e. The fraction of sp³-hybridized carbons (Fsp3) is 0.538. The fourth-order valence-electron chi connectivity index (χ4n) is 1.53. The molecule has 2 heteroatoms. The van der Waals surface area contributed by atoms with Gasteiger partial charge in [-0.25, -0.2) is 0 Å². The molecule has 1 nitrogen and oxygen atoms in total. The van der Waals surface area contributed by atoms with E-state index in [1.165, 1.54) is 16.0 Å². The van der Waals surface area contributed by atoms with E-state index < -0.39 is 0 Å². The molecule has 0 aliphatic rings. The Morgan fingerprint density at radius 3 is 1.80 bits per heavy atom. The van der Waals surface area contributed by atoms with Gasteiger partial charge in [0, 0.05) is 5.56 Å². The smallest absolute Gasteiger partial charge is 0.102 e. The van der Waals surface area contributed by atoms with E-state index in [1.54, 1.807) is 0 Å². The Balaban J connectivity index is 0.00000196. The molecule has 0 spiro atoms. The van der Waals surface area contributed by atoms with Crippen molar-refractivity contribution in [3.05, 3.63) is 35.4 Å². The van der Waals surface area contributed by atoms with E-state index >= 15 is 0 Å². The minimum atomic E-state index is 0. The molecular weight excluding hydrogens is 206 g/mol. The van der Waals surface area contributed by atoms with E-state index in [9.17, 15) is 0 Å². The SMILES string of the molecule is C[NH+](C)Cc1ccc(C(C)(C)C)cc1.[Cl-]. The van der Waals surface area contributed by atoms with Crippen molar-refractivity contribution < 1.29 is 17.3 Å². The van der Waals surface area contributed by atoms with Gasteiger partial charge in [0.2, 0.25) is 0 Å². The van der Waals surface area contributed by atoms with Gasteiger partial charge in [0.25, 0.3) is 0 Å². The van der Waals surface area contributed by atoms with Crippen LogP contribution in [0.1, 0.15) is 31.9 Å². The highest BCUT2D eigenvalue weighted by Gasteiger charge is 2.12. The summed E-state index contributed by atoms with van der Waals surface area (Å²) in [4.78, 5) is 1.47. The molecule has 0 saturated heterocycles. The number of hydrogen-bond acceptors (Lipinski definition) is 0. The van der Waals surface area contributed by atoms with Crippen molar-refractivity contribution >= 4 is 0 Å². The first-order valence-corrected chi connectivity index (χ1v) is 5.28. The summed E-state index contributed by atoms with van der Waals surface area (Å²) in [6, 6.07) is 8.98. The van der Waals surface area contributed by atoms with Crippen LogP contribution >= 0.6 is 0 Å². The Bertz CT molecular complexity index is 282. The number of hydrogen-bond donors (Lipinski definition) is 1. The Kier molecular flexibility index (Phi) is 5.33. The highest BCUT2D eigenvalue weighted by molar-refractivity contribution is 5.26. The molecule has 1 rings (SSSR count). The average molecular weight is 228 g/mol. The lowest BCUT2D eigenvalue weighted by Crippen LogP contribution is -3.04. The third-order valence-corrected chi connectivity index (χ3v) is 2.38. The molecule has 0 aliphatic heterocycles. The molecular formula is C13H22ClN. The van der Waals surface area contributed by atoms with E-state index in [0.29, 0.717) is 0 Å². The van der Waals surface area contributed by atoms with Crippen molar-refractivity contribution in [1.29, 1.82) is 0 Å². The molecule has 0 bridgehead atoms. The molecule has 0 heterocycles. The van der Waals surface area contributed by atoms with Crippen LogP contribution in [0.4, 0.5) is 0 Å². The van der Waals surface area contributed by atoms with E-state index in [4.69, 9.17) is 0 Å². The summed E-state index contributed by atoms with van der Waals surface area (Å²) in [7, 11) is 4.36. The largest absolute Gasteiger partial charge is 1.00 e. The Morgan fingerprint density at radius 1 is 1.00 bits per heavy atom. The van der Waals surface area contributed by atoms with Gasteiger partial charge in [-0.15, -0.1) is 0 Å². The van der Waals surface area contributed by atoms with Crippen LogP contribution in [-0.2, 0) is 12.0 Å². The zero-order valence-corrected chi connectivity index (χ0v) is 11.2. The zero-order chi connectivity index (χ0) is 10.8. The quantitative estimate of drug-likeness (QED) is 0.637. The van der Waals surface area contributed by atoms with Gasteiger partial charge in [0.1, 0.15) is 6.54 Å². The van der Waals surface area contributed by atoms with Crippen LogP contribution in [0.3, 0.4) is 0 Å². The summed E-state index contributed by atoms with van der Waals surface area (Å²) >= 11 is 0. The van der Waals surface area contributed by atoms with Gasteiger partial charge in [-0.1, -0.05) is 45.0 Å². The van der Waals surface area contributed by atoms with Gasteiger partial charge in [-0.05, 0) is 11.0 Å². The van der Waals surface area contributed by atoms with Crippen molar-refractivity contribution in [3.8, 4) is 0 Å². The van der Waals surface area contributed by atoms with Crippen molar-refractivity contribution in [2.45, 2.75) is 32.7 Å². The van der Waals surface area contributed by atoms with Gasteiger partial charge in [-0.2, -0.15) is 0 Å². The third-order valence-electron chi connectivity index (χ3n) is 2.38. The second-order valence-electron chi connectivity index (χ2n) is 5.33. The lowest BCUT2D eigenvalue weighted by molar-refractivity contribution is -0.872. The maximum Gasteiger partial charge on any atom is 0.102 e.